The van der Waals surface area contributed by atoms with Crippen LogP contribution >= 0.6 is 0 Å². The summed E-state index contributed by atoms with van der Waals surface area (Å²) in [5.41, 5.74) is -0.00494. The fraction of sp³-hybridized carbons (Fsp3) is 0.625. The second-order valence-electron chi connectivity index (χ2n) is 6.36. The van der Waals surface area contributed by atoms with E-state index in [0.717, 1.165) is 25.7 Å². The number of nitrogens with one attached hydrogen (secondary N) is 1. The Morgan fingerprint density at radius 2 is 2.24 bits per heavy atom. The van der Waals surface area contributed by atoms with Crippen LogP contribution in [0.5, 0.6) is 5.88 Å². The Hall–Kier alpha value is -1.62. The number of hydrogen-bond donors (Lipinski definition) is 2. The van der Waals surface area contributed by atoms with Gasteiger partial charge in [-0.25, -0.2) is 4.98 Å². The van der Waals surface area contributed by atoms with E-state index >= 15 is 0 Å². The summed E-state index contributed by atoms with van der Waals surface area (Å²) in [7, 11) is 0. The molecule has 1 heterocycles. The van der Waals surface area contributed by atoms with Crippen LogP contribution < -0.4 is 10.1 Å². The van der Waals surface area contributed by atoms with Crippen molar-refractivity contribution in [2.24, 2.45) is 5.92 Å². The number of aromatic nitrogens is 1. The minimum atomic E-state index is -0.532. The summed E-state index contributed by atoms with van der Waals surface area (Å²) in [6.07, 6.45) is 7.26. The van der Waals surface area contributed by atoms with Crippen LogP contribution in [0.2, 0.25) is 0 Å². The van der Waals surface area contributed by atoms with Gasteiger partial charge in [0.15, 0.2) is 0 Å². The molecule has 114 valence electrons. The van der Waals surface area contributed by atoms with E-state index in [1.807, 2.05) is 6.92 Å². The van der Waals surface area contributed by atoms with Crippen molar-refractivity contribution in [2.75, 3.05) is 6.61 Å². The van der Waals surface area contributed by atoms with Gasteiger partial charge < -0.3 is 15.2 Å². The average Bonchev–Trinajstić information content (AvgIpc) is 3.28. The molecule has 1 atom stereocenters. The number of nitrogens with zero attached hydrogens (tertiary/aromatic N) is 1. The third-order valence-electron chi connectivity index (χ3n) is 4.54. The molecule has 2 N–H and O–H groups in total. The van der Waals surface area contributed by atoms with E-state index in [9.17, 15) is 9.90 Å². The first-order valence-corrected chi connectivity index (χ1v) is 7.67. The minimum absolute atomic E-state index is 0.0417. The smallest absolute Gasteiger partial charge is 0.252 e. The Bertz CT molecular complexity index is 526. The lowest BCUT2D eigenvalue weighted by atomic mass is 9.96. The maximum absolute atomic E-state index is 12.4. The van der Waals surface area contributed by atoms with Crippen LogP contribution in [0.1, 0.15) is 49.4 Å². The summed E-state index contributed by atoms with van der Waals surface area (Å²) in [4.78, 5) is 16.5. The number of pyridine rings is 1. The van der Waals surface area contributed by atoms with Crippen LogP contribution in [-0.2, 0) is 0 Å². The fourth-order valence-electron chi connectivity index (χ4n) is 2.60. The molecular weight excluding hydrogens is 268 g/mol. The van der Waals surface area contributed by atoms with E-state index in [4.69, 9.17) is 4.74 Å². The highest BCUT2D eigenvalue weighted by Gasteiger charge is 2.42. The lowest BCUT2D eigenvalue weighted by Gasteiger charge is -2.29. The molecule has 0 aromatic carbocycles. The van der Waals surface area contributed by atoms with E-state index < -0.39 is 5.54 Å². The lowest BCUT2D eigenvalue weighted by molar-refractivity contribution is 0.0821. The largest absolute Gasteiger partial charge is 0.474 e. The van der Waals surface area contributed by atoms with Crippen LogP contribution in [0.15, 0.2) is 18.3 Å². The second-order valence-corrected chi connectivity index (χ2v) is 6.36. The summed E-state index contributed by atoms with van der Waals surface area (Å²) in [5.74, 6) is 0.697. The van der Waals surface area contributed by atoms with Crippen molar-refractivity contribution >= 4 is 5.91 Å². The molecule has 0 spiro atoms. The minimum Gasteiger partial charge on any atom is -0.474 e. The van der Waals surface area contributed by atoms with Crippen molar-refractivity contribution in [2.45, 2.75) is 50.7 Å². The van der Waals surface area contributed by atoms with Crippen molar-refractivity contribution in [1.29, 1.82) is 0 Å². The van der Waals surface area contributed by atoms with Gasteiger partial charge in [-0.3, -0.25) is 4.79 Å². The molecule has 0 radical (unpaired) electrons. The average molecular weight is 290 g/mol. The molecule has 3 rings (SSSR count). The summed E-state index contributed by atoms with van der Waals surface area (Å²) in [6.45, 7) is 1.86. The van der Waals surface area contributed by atoms with Gasteiger partial charge in [-0.2, -0.15) is 0 Å². The van der Waals surface area contributed by atoms with E-state index in [1.165, 1.54) is 6.42 Å². The topological polar surface area (TPSA) is 71.5 Å². The van der Waals surface area contributed by atoms with Crippen molar-refractivity contribution in [3.63, 3.8) is 0 Å². The first kappa shape index (κ1) is 14.3. The monoisotopic (exact) mass is 290 g/mol. The number of ether oxygens (including phenoxy) is 1. The van der Waals surface area contributed by atoms with Gasteiger partial charge in [0, 0.05) is 17.8 Å². The summed E-state index contributed by atoms with van der Waals surface area (Å²) < 4.78 is 5.72. The number of amides is 1. The van der Waals surface area contributed by atoms with Crippen LogP contribution in [0.4, 0.5) is 0 Å². The molecule has 1 aromatic rings. The van der Waals surface area contributed by atoms with E-state index in [0.29, 0.717) is 17.4 Å². The van der Waals surface area contributed by atoms with Gasteiger partial charge in [0.25, 0.3) is 5.91 Å². The van der Waals surface area contributed by atoms with Crippen molar-refractivity contribution in [3.8, 4) is 5.88 Å². The molecule has 21 heavy (non-hydrogen) atoms. The number of aliphatic hydroxyl groups excluding tert-OH is 1. The molecule has 5 heteroatoms. The molecular formula is C16H22N2O3. The normalized spacial score (nSPS) is 21.2. The molecule has 1 aromatic heterocycles. The SMILES string of the molecule is CC(CO)(NC(=O)c1ccnc(OC2CCC2)c1)C1CC1. The maximum atomic E-state index is 12.4. The van der Waals surface area contributed by atoms with Crippen LogP contribution in [0, 0.1) is 5.92 Å². The van der Waals surface area contributed by atoms with Crippen molar-refractivity contribution in [1.82, 2.24) is 10.3 Å². The highest BCUT2D eigenvalue weighted by atomic mass is 16.5. The van der Waals surface area contributed by atoms with Gasteiger partial charge in [-0.1, -0.05) is 0 Å². The number of aliphatic hydroxyl groups is 1. The van der Waals surface area contributed by atoms with Gasteiger partial charge in [-0.15, -0.1) is 0 Å². The van der Waals surface area contributed by atoms with E-state index in [2.05, 4.69) is 10.3 Å². The Morgan fingerprint density at radius 3 is 2.81 bits per heavy atom. The molecule has 0 aliphatic heterocycles. The summed E-state index contributed by atoms with van der Waals surface area (Å²) in [5, 5.41) is 12.5. The number of rotatable bonds is 6. The predicted octanol–water partition coefficient (Wildman–Crippen LogP) is 1.90. The van der Waals surface area contributed by atoms with E-state index in [1.54, 1.807) is 18.3 Å². The third kappa shape index (κ3) is 3.18. The zero-order valence-corrected chi connectivity index (χ0v) is 12.3. The van der Waals surface area contributed by atoms with Gasteiger partial charge in [0.05, 0.1) is 12.1 Å². The zero-order valence-electron chi connectivity index (χ0n) is 12.3. The highest BCUT2D eigenvalue weighted by Crippen LogP contribution is 2.39. The summed E-state index contributed by atoms with van der Waals surface area (Å²) >= 11 is 0. The Balaban J connectivity index is 1.67. The van der Waals surface area contributed by atoms with Crippen molar-refractivity contribution < 1.29 is 14.6 Å². The Labute approximate surface area is 124 Å². The van der Waals surface area contributed by atoms with Crippen LogP contribution in [0.25, 0.3) is 0 Å². The zero-order chi connectivity index (χ0) is 14.9. The molecule has 1 amide bonds. The molecule has 2 saturated carbocycles. The molecule has 2 aliphatic rings. The second kappa shape index (κ2) is 5.64. The van der Waals surface area contributed by atoms with Gasteiger partial charge >= 0.3 is 0 Å². The molecule has 0 saturated heterocycles. The number of carbonyl (C=O) groups is 1. The van der Waals surface area contributed by atoms with Gasteiger partial charge in [0.1, 0.15) is 6.10 Å². The quantitative estimate of drug-likeness (QED) is 0.839. The first-order valence-electron chi connectivity index (χ1n) is 7.67. The Kier molecular flexibility index (Phi) is 3.85. The fourth-order valence-corrected chi connectivity index (χ4v) is 2.60. The number of carbonyl (C=O) groups excluding carboxylic acids is 1. The predicted molar refractivity (Wildman–Crippen MR) is 78.2 cm³/mol. The number of hydrogen-bond acceptors (Lipinski definition) is 4. The Morgan fingerprint density at radius 1 is 1.48 bits per heavy atom. The molecule has 2 aliphatic carbocycles. The molecule has 1 unspecified atom stereocenters. The van der Waals surface area contributed by atoms with Crippen LogP contribution in [-0.4, -0.2) is 34.2 Å². The maximum Gasteiger partial charge on any atom is 0.252 e. The van der Waals surface area contributed by atoms with Gasteiger partial charge in [-0.05, 0) is 51.0 Å². The third-order valence-corrected chi connectivity index (χ3v) is 4.54. The highest BCUT2D eigenvalue weighted by molar-refractivity contribution is 5.94. The standard InChI is InChI=1S/C16H22N2O3/c1-16(10-19,12-5-6-12)18-15(20)11-7-8-17-14(9-11)21-13-3-2-4-13/h7-9,12-13,19H,2-6,10H2,1H3,(H,18,20). The van der Waals surface area contributed by atoms with Crippen LogP contribution in [0.3, 0.4) is 0 Å². The molecule has 5 nitrogen and oxygen atoms in total. The summed E-state index contributed by atoms with van der Waals surface area (Å²) in [6, 6.07) is 3.35. The molecule has 2 fully saturated rings. The van der Waals surface area contributed by atoms with Gasteiger partial charge in [0.2, 0.25) is 5.88 Å². The lowest BCUT2D eigenvalue weighted by Crippen LogP contribution is -2.50. The molecule has 0 bridgehead atoms. The van der Waals surface area contributed by atoms with Crippen molar-refractivity contribution in [3.05, 3.63) is 23.9 Å². The van der Waals surface area contributed by atoms with E-state index in [-0.39, 0.29) is 18.6 Å². The first-order chi connectivity index (χ1) is 10.1.